The highest BCUT2D eigenvalue weighted by Crippen LogP contribution is 2.21. The molecule has 0 aliphatic rings. The van der Waals surface area contributed by atoms with E-state index in [1.165, 1.54) is 7.11 Å². The third-order valence-electron chi connectivity index (χ3n) is 4.04. The number of ether oxygens (including phenoxy) is 2. The second-order valence-corrected chi connectivity index (χ2v) is 5.88. The van der Waals surface area contributed by atoms with E-state index in [1.807, 2.05) is 19.1 Å². The number of anilines is 1. The Morgan fingerprint density at radius 3 is 2.11 bits per heavy atom. The number of hydrogen-bond donors (Lipinski definition) is 1. The van der Waals surface area contributed by atoms with Gasteiger partial charge in [-0.2, -0.15) is 0 Å². The normalized spacial score (nSPS) is 10.1. The maximum atomic E-state index is 12.4. The molecule has 5 nitrogen and oxygen atoms in total. The van der Waals surface area contributed by atoms with E-state index in [0.717, 1.165) is 5.56 Å². The van der Waals surface area contributed by atoms with Gasteiger partial charge in [-0.25, -0.2) is 4.79 Å². The van der Waals surface area contributed by atoms with Gasteiger partial charge in [0.05, 0.1) is 18.2 Å². The lowest BCUT2D eigenvalue weighted by Gasteiger charge is -2.10. The van der Waals surface area contributed by atoms with Crippen LogP contribution in [0.3, 0.4) is 0 Å². The van der Waals surface area contributed by atoms with Crippen molar-refractivity contribution in [3.05, 3.63) is 89.5 Å². The number of rotatable bonds is 5. The summed E-state index contributed by atoms with van der Waals surface area (Å²) in [6, 6.07) is 20.8. The van der Waals surface area contributed by atoms with Crippen molar-refractivity contribution in [1.82, 2.24) is 0 Å². The van der Waals surface area contributed by atoms with Crippen molar-refractivity contribution in [1.29, 1.82) is 0 Å². The monoisotopic (exact) mass is 361 g/mol. The molecule has 1 N–H and O–H groups in total. The lowest BCUT2D eigenvalue weighted by molar-refractivity contribution is 0.0733. The zero-order chi connectivity index (χ0) is 19.2. The summed E-state index contributed by atoms with van der Waals surface area (Å²) in [5.41, 5.74) is 2.39. The third-order valence-corrected chi connectivity index (χ3v) is 4.04. The van der Waals surface area contributed by atoms with Crippen molar-refractivity contribution >= 4 is 17.6 Å². The number of carbonyl (C=O) groups excluding carboxylic acids is 2. The summed E-state index contributed by atoms with van der Waals surface area (Å²) in [6.07, 6.45) is 0. The molecule has 0 aliphatic heterocycles. The van der Waals surface area contributed by atoms with E-state index in [9.17, 15) is 9.59 Å². The Bertz CT molecular complexity index is 964. The Kier molecular flexibility index (Phi) is 5.52. The predicted octanol–water partition coefficient (Wildman–Crippen LogP) is 4.48. The zero-order valence-electron chi connectivity index (χ0n) is 15.1. The molecule has 3 aromatic carbocycles. The summed E-state index contributed by atoms with van der Waals surface area (Å²) in [6.45, 7) is 1.85. The Morgan fingerprint density at radius 2 is 1.44 bits per heavy atom. The molecule has 0 fully saturated rings. The molecule has 0 saturated heterocycles. The lowest BCUT2D eigenvalue weighted by Crippen LogP contribution is -2.13. The molecule has 27 heavy (non-hydrogen) atoms. The molecule has 0 spiro atoms. The molecule has 3 aromatic rings. The van der Waals surface area contributed by atoms with Gasteiger partial charge < -0.3 is 14.8 Å². The van der Waals surface area contributed by atoms with Gasteiger partial charge in [-0.3, -0.25) is 4.79 Å². The summed E-state index contributed by atoms with van der Waals surface area (Å²) in [5, 5.41) is 2.79. The highest BCUT2D eigenvalue weighted by Gasteiger charge is 2.13. The van der Waals surface area contributed by atoms with Gasteiger partial charge in [0.15, 0.2) is 0 Å². The highest BCUT2D eigenvalue weighted by atomic mass is 16.5. The molecule has 0 atom stereocenters. The van der Waals surface area contributed by atoms with Gasteiger partial charge in [0.1, 0.15) is 11.5 Å². The molecule has 0 radical (unpaired) electrons. The smallest absolute Gasteiger partial charge is 0.343 e. The molecule has 0 aromatic heterocycles. The number of amides is 1. The van der Waals surface area contributed by atoms with Crippen LogP contribution in [0.15, 0.2) is 72.8 Å². The molecule has 3 rings (SSSR count). The summed E-state index contributed by atoms with van der Waals surface area (Å²) in [5.74, 6) is 0.202. The number of benzene rings is 3. The van der Waals surface area contributed by atoms with E-state index in [0.29, 0.717) is 28.3 Å². The van der Waals surface area contributed by atoms with E-state index in [1.54, 1.807) is 60.7 Å². The van der Waals surface area contributed by atoms with Crippen molar-refractivity contribution in [3.63, 3.8) is 0 Å². The van der Waals surface area contributed by atoms with Gasteiger partial charge in [0.25, 0.3) is 5.91 Å². The maximum Gasteiger partial charge on any atom is 0.343 e. The zero-order valence-corrected chi connectivity index (χ0v) is 15.1. The third kappa shape index (κ3) is 4.33. The summed E-state index contributed by atoms with van der Waals surface area (Å²) < 4.78 is 10.6. The van der Waals surface area contributed by atoms with Crippen LogP contribution in [-0.2, 0) is 0 Å². The van der Waals surface area contributed by atoms with E-state index < -0.39 is 5.97 Å². The highest BCUT2D eigenvalue weighted by molar-refractivity contribution is 6.06. The minimum atomic E-state index is -0.418. The van der Waals surface area contributed by atoms with Crippen LogP contribution in [0, 0.1) is 6.92 Å². The number of methoxy groups -OCH3 is 1. The summed E-state index contributed by atoms with van der Waals surface area (Å²) >= 11 is 0. The predicted molar refractivity (Wildman–Crippen MR) is 104 cm³/mol. The fourth-order valence-corrected chi connectivity index (χ4v) is 2.60. The van der Waals surface area contributed by atoms with Crippen LogP contribution in [0.2, 0.25) is 0 Å². The van der Waals surface area contributed by atoms with Gasteiger partial charge in [0.2, 0.25) is 0 Å². The van der Waals surface area contributed by atoms with Crippen molar-refractivity contribution in [2.45, 2.75) is 6.92 Å². The average molecular weight is 361 g/mol. The Balaban J connectivity index is 1.68. The summed E-state index contributed by atoms with van der Waals surface area (Å²) in [4.78, 5) is 24.6. The van der Waals surface area contributed by atoms with Crippen molar-refractivity contribution < 1.29 is 19.1 Å². The first kappa shape index (κ1) is 18.2. The molecule has 0 aliphatic carbocycles. The largest absolute Gasteiger partial charge is 0.496 e. The van der Waals surface area contributed by atoms with Crippen LogP contribution in [0.5, 0.6) is 11.5 Å². The van der Waals surface area contributed by atoms with Crippen molar-refractivity contribution in [2.75, 3.05) is 12.4 Å². The molecule has 5 heteroatoms. The van der Waals surface area contributed by atoms with Gasteiger partial charge >= 0.3 is 5.97 Å². The number of esters is 1. The molecule has 0 unspecified atom stereocenters. The minimum Gasteiger partial charge on any atom is -0.496 e. The van der Waals surface area contributed by atoms with Crippen LogP contribution >= 0.6 is 0 Å². The van der Waals surface area contributed by atoms with E-state index in [-0.39, 0.29) is 5.91 Å². The maximum absolute atomic E-state index is 12.4. The summed E-state index contributed by atoms with van der Waals surface area (Å²) in [7, 11) is 1.52. The first-order valence-corrected chi connectivity index (χ1v) is 8.40. The average Bonchev–Trinajstić information content (AvgIpc) is 2.69. The molecular weight excluding hydrogens is 342 g/mol. The SMILES string of the molecule is COc1ccccc1C(=O)Nc1ccc(OC(=O)c2ccccc2C)cc1. The fourth-order valence-electron chi connectivity index (χ4n) is 2.60. The van der Waals surface area contributed by atoms with Crippen LogP contribution in [0.4, 0.5) is 5.69 Å². The van der Waals surface area contributed by atoms with E-state index in [4.69, 9.17) is 9.47 Å². The number of nitrogens with one attached hydrogen (secondary N) is 1. The van der Waals surface area contributed by atoms with Gasteiger partial charge in [-0.1, -0.05) is 30.3 Å². The van der Waals surface area contributed by atoms with Gasteiger partial charge in [-0.05, 0) is 55.0 Å². The Morgan fingerprint density at radius 1 is 0.815 bits per heavy atom. The topological polar surface area (TPSA) is 64.6 Å². The van der Waals surface area contributed by atoms with Crippen LogP contribution in [0.1, 0.15) is 26.3 Å². The standard InChI is InChI=1S/C22H19NO4/c1-15-7-3-4-8-18(15)22(25)27-17-13-11-16(12-14-17)23-21(24)19-9-5-6-10-20(19)26-2/h3-14H,1-2H3,(H,23,24). The second kappa shape index (κ2) is 8.19. The number of aryl methyl sites for hydroxylation is 1. The van der Waals surface area contributed by atoms with Crippen LogP contribution in [0.25, 0.3) is 0 Å². The molecule has 0 heterocycles. The second-order valence-electron chi connectivity index (χ2n) is 5.88. The van der Waals surface area contributed by atoms with E-state index >= 15 is 0 Å². The lowest BCUT2D eigenvalue weighted by atomic mass is 10.1. The number of carbonyl (C=O) groups is 2. The van der Waals surface area contributed by atoms with Crippen LogP contribution in [-0.4, -0.2) is 19.0 Å². The Hall–Kier alpha value is -3.60. The van der Waals surface area contributed by atoms with E-state index in [2.05, 4.69) is 5.32 Å². The van der Waals surface area contributed by atoms with Crippen molar-refractivity contribution in [2.24, 2.45) is 0 Å². The van der Waals surface area contributed by atoms with Gasteiger partial charge in [0, 0.05) is 5.69 Å². The minimum absolute atomic E-state index is 0.280. The van der Waals surface area contributed by atoms with Crippen molar-refractivity contribution in [3.8, 4) is 11.5 Å². The number of hydrogen-bond acceptors (Lipinski definition) is 4. The molecule has 0 saturated carbocycles. The van der Waals surface area contributed by atoms with Crippen LogP contribution < -0.4 is 14.8 Å². The molecule has 0 bridgehead atoms. The molecular formula is C22H19NO4. The first-order valence-electron chi connectivity index (χ1n) is 8.40. The fraction of sp³-hybridized carbons (Fsp3) is 0.0909. The molecule has 136 valence electrons. The Labute approximate surface area is 157 Å². The quantitative estimate of drug-likeness (QED) is 0.538. The number of para-hydroxylation sites is 1. The van der Waals surface area contributed by atoms with Gasteiger partial charge in [-0.15, -0.1) is 0 Å². The molecule has 1 amide bonds. The first-order chi connectivity index (χ1) is 13.1.